The van der Waals surface area contributed by atoms with E-state index in [0.29, 0.717) is 0 Å². The molecule has 0 unspecified atom stereocenters. The molecular weight excluding hydrogens is 290 g/mol. The van der Waals surface area contributed by atoms with E-state index < -0.39 is 10.8 Å². The summed E-state index contributed by atoms with van der Waals surface area (Å²) in [6.07, 6.45) is 1.47. The van der Waals surface area contributed by atoms with Crippen molar-refractivity contribution in [3.8, 4) is 6.07 Å². The van der Waals surface area contributed by atoms with Gasteiger partial charge in [0.05, 0.1) is 4.92 Å². The van der Waals surface area contributed by atoms with Crippen LogP contribution in [0.3, 0.4) is 0 Å². The molecule has 0 saturated heterocycles. The molecule has 1 aromatic carbocycles. The Kier molecular flexibility index (Phi) is 4.43. The maximum Gasteiger partial charge on any atom is 0.271 e. The summed E-state index contributed by atoms with van der Waals surface area (Å²) >= 11 is 1.40. The summed E-state index contributed by atoms with van der Waals surface area (Å²) in [5, 5.41) is 24.0. The summed E-state index contributed by atoms with van der Waals surface area (Å²) in [4.78, 5) is 22.9. The molecule has 1 amide bonds. The van der Waals surface area contributed by atoms with Gasteiger partial charge in [0.2, 0.25) is 0 Å². The normalized spacial score (nSPS) is 10.7. The highest BCUT2D eigenvalue weighted by Crippen LogP contribution is 2.18. The maximum atomic E-state index is 12.0. The number of carbonyl (C=O) groups is 1. The van der Waals surface area contributed by atoms with Gasteiger partial charge in [0, 0.05) is 22.7 Å². The zero-order chi connectivity index (χ0) is 15.2. The molecule has 1 N–H and O–H groups in total. The number of carbonyl (C=O) groups excluding carboxylic acids is 1. The fraction of sp³-hybridized carbons (Fsp3) is 0. The van der Waals surface area contributed by atoms with Crippen molar-refractivity contribution < 1.29 is 9.72 Å². The van der Waals surface area contributed by atoms with Crippen molar-refractivity contribution >= 4 is 34.7 Å². The van der Waals surface area contributed by atoms with Gasteiger partial charge in [0.15, 0.2) is 0 Å². The van der Waals surface area contributed by atoms with Gasteiger partial charge >= 0.3 is 0 Å². The molecule has 6 nitrogen and oxygen atoms in total. The standard InChI is InChI=1S/C14H9N3O3S/c15-9-10(7-13-5-2-6-21-13)14(18)16-11-3-1-4-12(8-11)17(19)20/h1-8H,(H,16,18)/b10-7-. The van der Waals surface area contributed by atoms with Gasteiger partial charge in [0.25, 0.3) is 11.6 Å². The van der Waals surface area contributed by atoms with E-state index in [2.05, 4.69) is 5.32 Å². The molecule has 21 heavy (non-hydrogen) atoms. The SMILES string of the molecule is N#C/C(=C/c1cccs1)C(=O)Nc1cccc([N+](=O)[O-])c1. The van der Waals surface area contributed by atoms with Crippen LogP contribution < -0.4 is 5.32 Å². The lowest BCUT2D eigenvalue weighted by Gasteiger charge is -2.03. The fourth-order valence-corrected chi connectivity index (χ4v) is 2.22. The van der Waals surface area contributed by atoms with Crippen LogP contribution in [0.4, 0.5) is 11.4 Å². The molecule has 1 aromatic heterocycles. The summed E-state index contributed by atoms with van der Waals surface area (Å²) in [5.74, 6) is -0.605. The molecule has 2 rings (SSSR count). The van der Waals surface area contributed by atoms with E-state index in [1.807, 2.05) is 17.5 Å². The molecule has 7 heteroatoms. The van der Waals surface area contributed by atoms with Crippen molar-refractivity contribution in [1.29, 1.82) is 5.26 Å². The number of nitro groups is 1. The number of nitro benzene ring substituents is 1. The molecule has 0 atom stereocenters. The molecule has 0 saturated carbocycles. The lowest BCUT2D eigenvalue weighted by molar-refractivity contribution is -0.384. The van der Waals surface area contributed by atoms with E-state index in [9.17, 15) is 14.9 Å². The van der Waals surface area contributed by atoms with Crippen molar-refractivity contribution in [1.82, 2.24) is 0 Å². The first-order valence-electron chi connectivity index (χ1n) is 5.81. The van der Waals surface area contributed by atoms with Gasteiger partial charge in [-0.2, -0.15) is 5.26 Å². The van der Waals surface area contributed by atoms with Crippen molar-refractivity contribution in [2.75, 3.05) is 5.32 Å². The number of rotatable bonds is 4. The highest BCUT2D eigenvalue weighted by molar-refractivity contribution is 7.10. The van der Waals surface area contributed by atoms with E-state index in [1.165, 1.54) is 41.7 Å². The fourth-order valence-electron chi connectivity index (χ4n) is 1.56. The van der Waals surface area contributed by atoms with E-state index >= 15 is 0 Å². The first-order chi connectivity index (χ1) is 10.1. The van der Waals surface area contributed by atoms with Crippen LogP contribution >= 0.6 is 11.3 Å². The van der Waals surface area contributed by atoms with Crippen LogP contribution in [-0.2, 0) is 4.79 Å². The highest BCUT2D eigenvalue weighted by atomic mass is 32.1. The Hall–Kier alpha value is -2.98. The molecule has 0 spiro atoms. The Labute approximate surface area is 124 Å². The molecule has 0 bridgehead atoms. The first-order valence-corrected chi connectivity index (χ1v) is 6.69. The predicted molar refractivity (Wildman–Crippen MR) is 79.6 cm³/mol. The van der Waals surface area contributed by atoms with Crippen LogP contribution in [0.25, 0.3) is 6.08 Å². The third-order valence-corrected chi connectivity index (χ3v) is 3.33. The van der Waals surface area contributed by atoms with Crippen LogP contribution in [0.1, 0.15) is 4.88 Å². The number of amides is 1. The van der Waals surface area contributed by atoms with Gasteiger partial charge < -0.3 is 5.32 Å². The number of non-ortho nitro benzene ring substituents is 1. The van der Waals surface area contributed by atoms with Crippen LogP contribution in [-0.4, -0.2) is 10.8 Å². The average Bonchev–Trinajstić information content (AvgIpc) is 2.97. The summed E-state index contributed by atoms with van der Waals surface area (Å²) in [5.41, 5.74) is 0.0685. The minimum absolute atomic E-state index is 0.0658. The van der Waals surface area contributed by atoms with Crippen LogP contribution in [0.5, 0.6) is 0 Å². The number of hydrogen-bond acceptors (Lipinski definition) is 5. The maximum absolute atomic E-state index is 12.0. The van der Waals surface area contributed by atoms with Crippen molar-refractivity contribution in [3.05, 3.63) is 62.3 Å². The summed E-state index contributed by atoms with van der Waals surface area (Å²) in [6.45, 7) is 0. The second-order valence-corrected chi connectivity index (χ2v) is 4.93. The zero-order valence-electron chi connectivity index (χ0n) is 10.6. The van der Waals surface area contributed by atoms with Crippen LogP contribution in [0.15, 0.2) is 47.4 Å². The first kappa shape index (κ1) is 14.4. The summed E-state index contributed by atoms with van der Waals surface area (Å²) in [7, 11) is 0. The topological polar surface area (TPSA) is 96.0 Å². The average molecular weight is 299 g/mol. The predicted octanol–water partition coefficient (Wildman–Crippen LogP) is 3.20. The van der Waals surface area contributed by atoms with Gasteiger partial charge in [-0.05, 0) is 23.6 Å². The molecule has 104 valence electrons. The lowest BCUT2D eigenvalue weighted by Crippen LogP contribution is -2.13. The van der Waals surface area contributed by atoms with E-state index in [-0.39, 0.29) is 16.9 Å². The smallest absolute Gasteiger partial charge is 0.271 e. The quantitative estimate of drug-likeness (QED) is 0.406. The zero-order valence-corrected chi connectivity index (χ0v) is 11.5. The van der Waals surface area contributed by atoms with Gasteiger partial charge in [-0.25, -0.2) is 0 Å². The van der Waals surface area contributed by atoms with Crippen LogP contribution in [0.2, 0.25) is 0 Å². The molecule has 0 aliphatic rings. The van der Waals surface area contributed by atoms with Gasteiger partial charge in [-0.15, -0.1) is 11.3 Å². The number of nitrogens with zero attached hydrogens (tertiary/aromatic N) is 2. The second kappa shape index (κ2) is 6.45. The molecule has 0 fully saturated rings. The third-order valence-electron chi connectivity index (χ3n) is 2.51. The van der Waals surface area contributed by atoms with E-state index in [4.69, 9.17) is 5.26 Å². The summed E-state index contributed by atoms with van der Waals surface area (Å²) < 4.78 is 0. The lowest BCUT2D eigenvalue weighted by atomic mass is 10.2. The number of nitrogens with one attached hydrogen (secondary N) is 1. The number of benzene rings is 1. The minimum Gasteiger partial charge on any atom is -0.321 e. The van der Waals surface area contributed by atoms with Gasteiger partial charge in [0.1, 0.15) is 11.6 Å². The van der Waals surface area contributed by atoms with Crippen molar-refractivity contribution in [3.63, 3.8) is 0 Å². The molecule has 2 aromatic rings. The second-order valence-electron chi connectivity index (χ2n) is 3.95. The van der Waals surface area contributed by atoms with Gasteiger partial charge in [-0.1, -0.05) is 12.1 Å². The molecule has 1 heterocycles. The number of anilines is 1. The Morgan fingerprint density at radius 3 is 2.81 bits per heavy atom. The Morgan fingerprint density at radius 2 is 2.19 bits per heavy atom. The Balaban J connectivity index is 2.19. The minimum atomic E-state index is -0.605. The number of hydrogen-bond donors (Lipinski definition) is 1. The van der Waals surface area contributed by atoms with Crippen molar-refractivity contribution in [2.24, 2.45) is 0 Å². The van der Waals surface area contributed by atoms with Crippen LogP contribution in [0, 0.1) is 21.4 Å². The van der Waals surface area contributed by atoms with E-state index in [0.717, 1.165) is 4.88 Å². The Bertz CT molecular complexity index is 745. The molecule has 0 aliphatic carbocycles. The largest absolute Gasteiger partial charge is 0.321 e. The molecule has 0 aliphatic heterocycles. The molecule has 0 radical (unpaired) electrons. The van der Waals surface area contributed by atoms with Crippen molar-refractivity contribution in [2.45, 2.75) is 0 Å². The summed E-state index contributed by atoms with van der Waals surface area (Å²) in [6, 6.07) is 10.9. The number of thiophene rings is 1. The third kappa shape index (κ3) is 3.75. The Morgan fingerprint density at radius 1 is 1.38 bits per heavy atom. The number of nitriles is 1. The molecular formula is C14H9N3O3S. The monoisotopic (exact) mass is 299 g/mol. The highest BCUT2D eigenvalue weighted by Gasteiger charge is 2.12. The van der Waals surface area contributed by atoms with E-state index in [1.54, 1.807) is 6.07 Å². The van der Waals surface area contributed by atoms with Gasteiger partial charge in [-0.3, -0.25) is 14.9 Å².